The Labute approximate surface area is 176 Å². The molecule has 0 aliphatic carbocycles. The van der Waals surface area contributed by atoms with Gasteiger partial charge in [-0.25, -0.2) is 4.39 Å². The minimum absolute atomic E-state index is 0.0105. The summed E-state index contributed by atoms with van der Waals surface area (Å²) in [5.41, 5.74) is 4.80. The van der Waals surface area contributed by atoms with Crippen molar-refractivity contribution in [2.75, 3.05) is 18.0 Å². The van der Waals surface area contributed by atoms with Gasteiger partial charge in [-0.15, -0.1) is 0 Å². The van der Waals surface area contributed by atoms with Crippen molar-refractivity contribution in [1.82, 2.24) is 4.90 Å². The Balaban J connectivity index is 1.52. The summed E-state index contributed by atoms with van der Waals surface area (Å²) in [6.07, 6.45) is 0.784. The molecule has 1 amide bonds. The molecule has 0 spiro atoms. The number of hydrogen-bond acceptors (Lipinski definition) is 3. The van der Waals surface area contributed by atoms with E-state index in [1.807, 2.05) is 35.2 Å². The number of fused-ring (bicyclic) bond motifs is 1. The van der Waals surface area contributed by atoms with Gasteiger partial charge in [-0.2, -0.15) is 0 Å². The van der Waals surface area contributed by atoms with Crippen molar-refractivity contribution in [2.24, 2.45) is 0 Å². The first kappa shape index (κ1) is 20.0. The zero-order valence-electron chi connectivity index (χ0n) is 17.0. The van der Waals surface area contributed by atoms with Gasteiger partial charge in [0, 0.05) is 37.4 Å². The molecule has 0 radical (unpaired) electrons. The summed E-state index contributed by atoms with van der Waals surface area (Å²) in [5, 5.41) is 9.76. The summed E-state index contributed by atoms with van der Waals surface area (Å²) in [4.78, 5) is 17.1. The third-order valence-electron chi connectivity index (χ3n) is 5.62. The third-order valence-corrected chi connectivity index (χ3v) is 5.62. The lowest BCUT2D eigenvalue weighted by Crippen LogP contribution is -2.36. The number of rotatable bonds is 5. The molecule has 0 aromatic heterocycles. The number of aromatic hydroxyl groups is 1. The minimum Gasteiger partial charge on any atom is -0.508 e. The molecule has 0 fully saturated rings. The number of phenols is 1. The Morgan fingerprint density at radius 3 is 2.63 bits per heavy atom. The van der Waals surface area contributed by atoms with Crippen molar-refractivity contribution >= 4 is 11.6 Å². The molecule has 4 rings (SSSR count). The fourth-order valence-electron chi connectivity index (χ4n) is 3.93. The van der Waals surface area contributed by atoms with E-state index in [0.717, 1.165) is 29.8 Å². The van der Waals surface area contributed by atoms with Crippen molar-refractivity contribution in [2.45, 2.75) is 26.4 Å². The van der Waals surface area contributed by atoms with Gasteiger partial charge in [0.25, 0.3) is 5.91 Å². The second-order valence-corrected chi connectivity index (χ2v) is 7.62. The summed E-state index contributed by atoms with van der Waals surface area (Å²) in [7, 11) is 0. The van der Waals surface area contributed by atoms with Gasteiger partial charge in [0.1, 0.15) is 11.6 Å². The average Bonchev–Trinajstić information content (AvgIpc) is 2.77. The van der Waals surface area contributed by atoms with Crippen molar-refractivity contribution in [1.29, 1.82) is 0 Å². The number of anilines is 1. The molecule has 154 valence electrons. The van der Waals surface area contributed by atoms with Crippen LogP contribution in [0.1, 0.15) is 34.0 Å². The zero-order chi connectivity index (χ0) is 21.1. The first-order chi connectivity index (χ1) is 14.5. The third kappa shape index (κ3) is 4.30. The van der Waals surface area contributed by atoms with E-state index >= 15 is 0 Å². The van der Waals surface area contributed by atoms with Crippen LogP contribution in [0, 0.1) is 5.82 Å². The lowest BCUT2D eigenvalue weighted by atomic mass is 9.98. The fraction of sp³-hybridized carbons (Fsp3) is 0.240. The molecule has 1 N–H and O–H groups in total. The highest BCUT2D eigenvalue weighted by Gasteiger charge is 2.22. The first-order valence-electron chi connectivity index (χ1n) is 10.2. The molecule has 0 atom stereocenters. The van der Waals surface area contributed by atoms with Crippen LogP contribution in [0.15, 0.2) is 66.7 Å². The predicted octanol–water partition coefficient (Wildman–Crippen LogP) is 4.76. The molecule has 30 heavy (non-hydrogen) atoms. The van der Waals surface area contributed by atoms with Gasteiger partial charge in [-0.1, -0.05) is 24.3 Å². The molecule has 1 heterocycles. The van der Waals surface area contributed by atoms with Crippen LogP contribution in [0.25, 0.3) is 0 Å². The number of carbonyl (C=O) groups excluding carboxylic acids is 1. The van der Waals surface area contributed by atoms with E-state index in [1.165, 1.54) is 17.7 Å². The number of carbonyl (C=O) groups is 1. The molecular formula is C25H25FN2O2. The Morgan fingerprint density at radius 2 is 1.87 bits per heavy atom. The summed E-state index contributed by atoms with van der Waals surface area (Å²) >= 11 is 0. The molecule has 1 aliphatic rings. The van der Waals surface area contributed by atoms with Crippen LogP contribution in [-0.2, 0) is 19.5 Å². The van der Waals surface area contributed by atoms with Gasteiger partial charge in [-0.05, 0) is 72.5 Å². The molecule has 0 saturated carbocycles. The number of phenolic OH excluding ortho intramolecular Hbond substituents is 1. The van der Waals surface area contributed by atoms with Gasteiger partial charge >= 0.3 is 0 Å². The van der Waals surface area contributed by atoms with Crippen molar-refractivity contribution in [3.8, 4) is 5.75 Å². The lowest BCUT2D eigenvalue weighted by Gasteiger charge is -2.29. The summed E-state index contributed by atoms with van der Waals surface area (Å²) in [6, 6.07) is 19.5. The van der Waals surface area contributed by atoms with Crippen LogP contribution in [0.5, 0.6) is 5.75 Å². The first-order valence-corrected chi connectivity index (χ1v) is 10.2. The normalized spacial score (nSPS) is 13.1. The molecule has 0 saturated heterocycles. The monoisotopic (exact) mass is 404 g/mol. The predicted molar refractivity (Wildman–Crippen MR) is 116 cm³/mol. The van der Waals surface area contributed by atoms with Crippen LogP contribution in [-0.4, -0.2) is 29.0 Å². The molecule has 4 nitrogen and oxygen atoms in total. The van der Waals surface area contributed by atoms with E-state index in [2.05, 4.69) is 11.8 Å². The van der Waals surface area contributed by atoms with E-state index < -0.39 is 0 Å². The number of hydrogen-bond donors (Lipinski definition) is 1. The average molecular weight is 404 g/mol. The Kier molecular flexibility index (Phi) is 5.70. The molecule has 3 aromatic carbocycles. The molecule has 0 bridgehead atoms. The molecule has 1 aliphatic heterocycles. The maximum atomic E-state index is 13.2. The van der Waals surface area contributed by atoms with Crippen LogP contribution < -0.4 is 4.90 Å². The topological polar surface area (TPSA) is 43.8 Å². The maximum Gasteiger partial charge on any atom is 0.254 e. The maximum absolute atomic E-state index is 13.2. The summed E-state index contributed by atoms with van der Waals surface area (Å²) in [5.74, 6) is -0.0288. The molecule has 5 heteroatoms. The molecular weight excluding hydrogens is 379 g/mol. The number of halogens is 1. The quantitative estimate of drug-likeness (QED) is 0.667. The van der Waals surface area contributed by atoms with Gasteiger partial charge < -0.3 is 14.9 Å². The van der Waals surface area contributed by atoms with Gasteiger partial charge in [0.05, 0.1) is 0 Å². The highest BCUT2D eigenvalue weighted by atomic mass is 19.1. The Bertz CT molecular complexity index is 1050. The Morgan fingerprint density at radius 1 is 1.07 bits per heavy atom. The highest BCUT2D eigenvalue weighted by Crippen LogP contribution is 2.25. The van der Waals surface area contributed by atoms with E-state index in [-0.39, 0.29) is 17.5 Å². The minimum atomic E-state index is -0.245. The van der Waals surface area contributed by atoms with Crippen molar-refractivity contribution in [3.05, 3.63) is 94.8 Å². The van der Waals surface area contributed by atoms with Crippen LogP contribution in [0.4, 0.5) is 10.1 Å². The summed E-state index contributed by atoms with van der Waals surface area (Å²) < 4.78 is 13.2. The number of nitrogens with zero attached hydrogens (tertiary/aromatic N) is 2. The largest absolute Gasteiger partial charge is 0.508 e. The second-order valence-electron chi connectivity index (χ2n) is 7.62. The van der Waals surface area contributed by atoms with E-state index in [0.29, 0.717) is 25.2 Å². The molecule has 3 aromatic rings. The van der Waals surface area contributed by atoms with Gasteiger partial charge in [-0.3, -0.25) is 4.79 Å². The number of amides is 1. The van der Waals surface area contributed by atoms with E-state index in [9.17, 15) is 14.3 Å². The van der Waals surface area contributed by atoms with Crippen LogP contribution in [0.2, 0.25) is 0 Å². The second kappa shape index (κ2) is 8.57. The lowest BCUT2D eigenvalue weighted by molar-refractivity contribution is 0.0734. The van der Waals surface area contributed by atoms with E-state index in [4.69, 9.17) is 0 Å². The fourth-order valence-corrected chi connectivity index (χ4v) is 3.93. The van der Waals surface area contributed by atoms with E-state index in [1.54, 1.807) is 24.3 Å². The van der Waals surface area contributed by atoms with Crippen molar-refractivity contribution in [3.63, 3.8) is 0 Å². The van der Waals surface area contributed by atoms with Crippen molar-refractivity contribution < 1.29 is 14.3 Å². The zero-order valence-corrected chi connectivity index (χ0v) is 17.0. The van der Waals surface area contributed by atoms with Gasteiger partial charge in [0.2, 0.25) is 0 Å². The standard InChI is InChI=1S/C25H25FN2O2/c1-2-27(16-18-6-9-22(26)10-7-18)23-5-3-4-20(14-23)25(30)28-13-12-19-8-11-24(29)15-21(19)17-28/h3-11,14-15,29H,2,12-13,16-17H2,1H3. The summed E-state index contributed by atoms with van der Waals surface area (Å²) in [6.45, 7) is 4.63. The van der Waals surface area contributed by atoms with Crippen LogP contribution in [0.3, 0.4) is 0 Å². The van der Waals surface area contributed by atoms with Crippen LogP contribution >= 0.6 is 0 Å². The SMILES string of the molecule is CCN(Cc1ccc(F)cc1)c1cccc(C(=O)N2CCc3ccc(O)cc3C2)c1. The smallest absolute Gasteiger partial charge is 0.254 e. The highest BCUT2D eigenvalue weighted by molar-refractivity contribution is 5.95. The number of benzene rings is 3. The van der Waals surface area contributed by atoms with Gasteiger partial charge in [0.15, 0.2) is 0 Å². The molecule has 0 unspecified atom stereocenters. The Hall–Kier alpha value is -3.34.